The molecule has 1 aliphatic heterocycles. The number of halogens is 1. The molecule has 0 radical (unpaired) electrons. The second kappa shape index (κ2) is 8.62. The predicted molar refractivity (Wildman–Crippen MR) is 103 cm³/mol. The van der Waals surface area contributed by atoms with E-state index in [0.29, 0.717) is 0 Å². The van der Waals surface area contributed by atoms with Crippen molar-refractivity contribution in [1.29, 1.82) is 0 Å². The fourth-order valence-electron chi connectivity index (χ4n) is 2.97. The summed E-state index contributed by atoms with van der Waals surface area (Å²) in [5.74, 6) is -2.78. The Morgan fingerprint density at radius 2 is 1.90 bits per heavy atom. The van der Waals surface area contributed by atoms with Crippen molar-refractivity contribution < 1.29 is 38.4 Å². The second-order valence-electron chi connectivity index (χ2n) is 7.65. The molecule has 13 heteroatoms. The molecule has 0 bridgehead atoms. The molecule has 1 saturated heterocycles. The lowest BCUT2D eigenvalue weighted by molar-refractivity contribution is -0.133. The number of rotatable bonds is 8. The van der Waals surface area contributed by atoms with Crippen molar-refractivity contribution in [3.05, 3.63) is 32.6 Å². The third kappa shape index (κ3) is 4.75. The highest BCUT2D eigenvalue weighted by Gasteiger charge is 2.52. The van der Waals surface area contributed by atoms with Gasteiger partial charge in [-0.15, -0.1) is 0 Å². The van der Waals surface area contributed by atoms with Crippen molar-refractivity contribution >= 4 is 7.60 Å². The van der Waals surface area contributed by atoms with Gasteiger partial charge in [0.15, 0.2) is 11.6 Å². The normalized spacial score (nSPS) is 30.4. The molecule has 1 aromatic rings. The number of aromatic nitrogens is 2. The summed E-state index contributed by atoms with van der Waals surface area (Å²) >= 11 is 0. The minimum atomic E-state index is -4.83. The van der Waals surface area contributed by atoms with Gasteiger partial charge < -0.3 is 24.9 Å². The largest absolute Gasteiger partial charge is 0.388 e. The molecular formula is C17H28FN2O9P. The highest BCUT2D eigenvalue weighted by Crippen LogP contribution is 2.59. The van der Waals surface area contributed by atoms with Crippen molar-refractivity contribution in [2.24, 2.45) is 0 Å². The van der Waals surface area contributed by atoms with Crippen LogP contribution in [0.1, 0.15) is 51.8 Å². The molecule has 2 heterocycles. The predicted octanol–water partition coefficient (Wildman–Crippen LogP) is 0.251. The van der Waals surface area contributed by atoms with E-state index in [4.69, 9.17) is 9.26 Å². The Morgan fingerprint density at radius 3 is 2.43 bits per heavy atom. The summed E-state index contributed by atoms with van der Waals surface area (Å²) in [5, 5.41) is 28.4. The summed E-state index contributed by atoms with van der Waals surface area (Å²) < 4.78 is 38.8. The first-order chi connectivity index (χ1) is 13.7. The molecule has 11 nitrogen and oxygen atoms in total. The third-order valence-electron chi connectivity index (χ3n) is 5.36. The molecule has 2 rings (SSSR count). The van der Waals surface area contributed by atoms with Gasteiger partial charge in [-0.05, 0) is 20.3 Å². The summed E-state index contributed by atoms with van der Waals surface area (Å²) in [4.78, 5) is 35.6. The quantitative estimate of drug-likeness (QED) is 0.345. The summed E-state index contributed by atoms with van der Waals surface area (Å²) in [6, 6.07) is 0. The Hall–Kier alpha value is -1.40. The molecule has 0 aliphatic carbocycles. The number of hydrogen-bond donors (Lipinski definition) is 5. The minimum absolute atomic E-state index is 0.142. The Labute approximate surface area is 171 Å². The van der Waals surface area contributed by atoms with Crippen LogP contribution >= 0.6 is 7.60 Å². The van der Waals surface area contributed by atoms with Gasteiger partial charge in [-0.2, -0.15) is 0 Å². The van der Waals surface area contributed by atoms with Crippen molar-refractivity contribution in [3.8, 4) is 0 Å². The average molecular weight is 454 g/mol. The lowest BCUT2D eigenvalue weighted by Gasteiger charge is -2.34. The van der Waals surface area contributed by atoms with E-state index >= 15 is 4.39 Å². The van der Waals surface area contributed by atoms with Crippen molar-refractivity contribution in [3.63, 3.8) is 0 Å². The van der Waals surface area contributed by atoms with Crippen LogP contribution in [-0.2, 0) is 13.8 Å². The Morgan fingerprint density at radius 1 is 1.30 bits per heavy atom. The molecular weight excluding hydrogens is 426 g/mol. The summed E-state index contributed by atoms with van der Waals surface area (Å²) in [5.41, 5.74) is -1.40. The molecule has 0 saturated carbocycles. The van der Waals surface area contributed by atoms with Crippen LogP contribution in [0.4, 0.5) is 4.39 Å². The maximum absolute atomic E-state index is 15.3. The third-order valence-corrected chi connectivity index (χ3v) is 7.47. The summed E-state index contributed by atoms with van der Waals surface area (Å²) in [7, 11) is -4.83. The van der Waals surface area contributed by atoms with Gasteiger partial charge in [0, 0.05) is 24.6 Å². The van der Waals surface area contributed by atoms with E-state index in [1.54, 1.807) is 0 Å². The molecule has 172 valence electrons. The van der Waals surface area contributed by atoms with E-state index in [9.17, 15) is 34.4 Å². The lowest BCUT2D eigenvalue weighted by Crippen LogP contribution is -2.40. The van der Waals surface area contributed by atoms with Crippen molar-refractivity contribution in [2.75, 3.05) is 0 Å². The maximum Gasteiger partial charge on any atom is 0.361 e. The number of nitrogens with zero attached hydrogens (tertiary/aromatic N) is 1. The summed E-state index contributed by atoms with van der Waals surface area (Å²) in [6.07, 6.45) is -6.42. The van der Waals surface area contributed by atoms with Gasteiger partial charge in [-0.1, -0.05) is 13.8 Å². The molecule has 7 atom stereocenters. The number of H-pyrrole nitrogens is 1. The molecule has 0 aromatic carbocycles. The zero-order chi connectivity index (χ0) is 23.1. The molecule has 3 unspecified atom stereocenters. The van der Waals surface area contributed by atoms with Crippen LogP contribution in [0.5, 0.6) is 0 Å². The van der Waals surface area contributed by atoms with Crippen LogP contribution in [0, 0.1) is 6.92 Å². The minimum Gasteiger partial charge on any atom is -0.388 e. The number of aryl methyl sites for hydroxylation is 1. The Bertz CT molecular complexity index is 933. The van der Waals surface area contributed by atoms with Gasteiger partial charge in [0.1, 0.15) is 12.2 Å². The number of aliphatic hydroxyl groups excluding tert-OH is 2. The number of alkyl halides is 1. The number of ether oxygens (including phenoxy) is 1. The topological polar surface area (TPSA) is 171 Å². The first kappa shape index (κ1) is 24.9. The molecule has 0 spiro atoms. The zero-order valence-electron chi connectivity index (χ0n) is 17.1. The van der Waals surface area contributed by atoms with E-state index in [0.717, 1.165) is 17.7 Å². The van der Waals surface area contributed by atoms with E-state index in [1.807, 2.05) is 4.98 Å². The number of hydrogen-bond acceptors (Lipinski definition) is 8. The number of nitrogens with one attached hydrogen (secondary N) is 1. The molecule has 1 aromatic heterocycles. The van der Waals surface area contributed by atoms with Gasteiger partial charge in [0.2, 0.25) is 5.85 Å². The van der Waals surface area contributed by atoms with Gasteiger partial charge in [0.25, 0.3) is 5.56 Å². The highest BCUT2D eigenvalue weighted by molar-refractivity contribution is 7.54. The van der Waals surface area contributed by atoms with Crippen molar-refractivity contribution in [1.82, 2.24) is 9.55 Å². The second-order valence-corrected chi connectivity index (χ2v) is 9.83. The Balaban J connectivity index is 2.28. The van der Waals surface area contributed by atoms with Crippen LogP contribution in [-0.4, -0.2) is 59.3 Å². The number of aliphatic hydroxyl groups is 3. The number of aromatic amines is 1. The monoisotopic (exact) mass is 454 g/mol. The van der Waals surface area contributed by atoms with Gasteiger partial charge in [-0.25, -0.2) is 9.18 Å². The lowest BCUT2D eigenvalue weighted by atomic mass is 10.0. The molecule has 5 N–H and O–H groups in total. The molecule has 30 heavy (non-hydrogen) atoms. The van der Waals surface area contributed by atoms with Crippen LogP contribution in [0.15, 0.2) is 15.8 Å². The first-order valence-electron chi connectivity index (χ1n) is 9.46. The molecule has 1 fully saturated rings. The van der Waals surface area contributed by atoms with Crippen LogP contribution < -0.4 is 11.2 Å². The van der Waals surface area contributed by atoms with Crippen LogP contribution in [0.3, 0.4) is 0 Å². The van der Waals surface area contributed by atoms with E-state index < -0.39 is 67.4 Å². The fourth-order valence-corrected chi connectivity index (χ4v) is 4.21. The van der Waals surface area contributed by atoms with E-state index in [1.165, 1.54) is 20.8 Å². The van der Waals surface area contributed by atoms with Crippen LogP contribution in [0.2, 0.25) is 0 Å². The summed E-state index contributed by atoms with van der Waals surface area (Å²) in [6.45, 7) is 5.20. The van der Waals surface area contributed by atoms with Gasteiger partial charge in [-0.3, -0.25) is 23.4 Å². The zero-order valence-corrected chi connectivity index (χ0v) is 18.0. The van der Waals surface area contributed by atoms with E-state index in [2.05, 4.69) is 0 Å². The average Bonchev–Trinajstić information content (AvgIpc) is 2.92. The molecule has 1 aliphatic rings. The SMILES string of the molecule is CCC(F)(C[C@H]1O[C@@H](n2cc(C)c(=O)[nH]c2=O)[C@H](O)[C@@H]1O)OP(=O)(O)C(C)(O)CC. The van der Waals surface area contributed by atoms with Gasteiger partial charge in [0.05, 0.1) is 6.10 Å². The van der Waals surface area contributed by atoms with Gasteiger partial charge >= 0.3 is 13.3 Å². The first-order valence-corrected chi connectivity index (χ1v) is 11.0. The van der Waals surface area contributed by atoms with Crippen LogP contribution in [0.25, 0.3) is 0 Å². The highest BCUT2D eigenvalue weighted by atomic mass is 31.2. The Kier molecular flexibility index (Phi) is 7.14. The smallest absolute Gasteiger partial charge is 0.361 e. The maximum atomic E-state index is 15.3. The van der Waals surface area contributed by atoms with Crippen molar-refractivity contribution in [2.45, 2.75) is 82.7 Å². The fraction of sp³-hybridized carbons (Fsp3) is 0.765. The van der Waals surface area contributed by atoms with E-state index in [-0.39, 0.29) is 12.0 Å². The standard InChI is InChI=1S/C17H28FN2O9P/c1-5-16(4,25)30(26,27)29-17(18,6-2)7-10-11(21)12(22)14(28-10)20-8-9(3)13(23)19-15(20)24/h8,10-12,14,21-22,25H,5-7H2,1-4H3,(H,26,27)(H,19,23,24)/t10-,11-,12-,14-,16?,17?/m1/s1. The molecule has 0 amide bonds.